The Kier molecular flexibility index (Phi) is 6.90. The number of halogens is 1. The lowest BCUT2D eigenvalue weighted by molar-refractivity contribution is -0.115. The lowest BCUT2D eigenvalue weighted by Crippen LogP contribution is -2.34. The number of para-hydroxylation sites is 1. The van der Waals surface area contributed by atoms with Crippen molar-refractivity contribution in [2.45, 2.75) is 45.6 Å². The summed E-state index contributed by atoms with van der Waals surface area (Å²) in [4.78, 5) is 24.5. The highest BCUT2D eigenvalue weighted by atomic mass is 19.1. The first-order valence-corrected chi connectivity index (χ1v) is 11.1. The van der Waals surface area contributed by atoms with Gasteiger partial charge in [0.2, 0.25) is 5.91 Å². The van der Waals surface area contributed by atoms with Gasteiger partial charge >= 0.3 is 0 Å². The zero-order valence-corrected chi connectivity index (χ0v) is 18.6. The van der Waals surface area contributed by atoms with E-state index in [4.69, 9.17) is 9.97 Å². The van der Waals surface area contributed by atoms with E-state index < -0.39 is 5.82 Å². The molecule has 2 heterocycles. The van der Waals surface area contributed by atoms with E-state index >= 15 is 0 Å². The summed E-state index contributed by atoms with van der Waals surface area (Å²) in [6.45, 7) is 6.80. The summed E-state index contributed by atoms with van der Waals surface area (Å²) in [5.74, 6) is 0.421. The van der Waals surface area contributed by atoms with Crippen LogP contribution in [0, 0.1) is 19.7 Å². The SMILES string of the molecule is Cc1nc([C@H]2CCCN(Cc3ccccc3)C2)nc(C)c1CC(=O)Nc1ccccc1F. The number of piperidine rings is 1. The van der Waals surface area contributed by atoms with Crippen LogP contribution in [0.2, 0.25) is 0 Å². The molecule has 0 radical (unpaired) electrons. The molecule has 32 heavy (non-hydrogen) atoms. The van der Waals surface area contributed by atoms with Crippen molar-refractivity contribution >= 4 is 11.6 Å². The molecule has 1 aliphatic heterocycles. The van der Waals surface area contributed by atoms with E-state index in [1.54, 1.807) is 18.2 Å². The molecule has 0 saturated carbocycles. The molecule has 2 aromatic carbocycles. The number of nitrogens with zero attached hydrogens (tertiary/aromatic N) is 3. The van der Waals surface area contributed by atoms with Gasteiger partial charge in [0.05, 0.1) is 12.1 Å². The van der Waals surface area contributed by atoms with E-state index in [-0.39, 0.29) is 23.9 Å². The van der Waals surface area contributed by atoms with Crippen molar-refractivity contribution in [3.05, 3.63) is 88.8 Å². The average molecular weight is 433 g/mol. The van der Waals surface area contributed by atoms with Gasteiger partial charge in [0.15, 0.2) is 0 Å². The summed E-state index contributed by atoms with van der Waals surface area (Å²) in [6.07, 6.45) is 2.31. The first-order chi connectivity index (χ1) is 15.5. The summed E-state index contributed by atoms with van der Waals surface area (Å²) in [6, 6.07) is 16.7. The molecule has 1 aliphatic rings. The van der Waals surface area contributed by atoms with Crippen molar-refractivity contribution in [1.29, 1.82) is 0 Å². The van der Waals surface area contributed by atoms with Crippen LogP contribution in [0.5, 0.6) is 0 Å². The van der Waals surface area contributed by atoms with E-state index in [0.29, 0.717) is 0 Å². The topological polar surface area (TPSA) is 58.1 Å². The van der Waals surface area contributed by atoms with Crippen molar-refractivity contribution in [2.75, 3.05) is 18.4 Å². The van der Waals surface area contributed by atoms with Crippen LogP contribution in [0.1, 0.15) is 47.1 Å². The summed E-state index contributed by atoms with van der Waals surface area (Å²) in [7, 11) is 0. The normalized spacial score (nSPS) is 16.7. The van der Waals surface area contributed by atoms with Gasteiger partial charge in [-0.05, 0) is 50.9 Å². The molecule has 1 saturated heterocycles. The second-order valence-corrected chi connectivity index (χ2v) is 8.50. The minimum Gasteiger partial charge on any atom is -0.323 e. The first-order valence-electron chi connectivity index (χ1n) is 11.1. The fourth-order valence-electron chi connectivity index (χ4n) is 4.37. The molecule has 5 nitrogen and oxygen atoms in total. The Labute approximate surface area is 188 Å². The van der Waals surface area contributed by atoms with E-state index in [0.717, 1.165) is 55.3 Å². The minimum atomic E-state index is -0.446. The number of carbonyl (C=O) groups is 1. The van der Waals surface area contributed by atoms with Crippen molar-refractivity contribution in [3.8, 4) is 0 Å². The standard InChI is InChI=1S/C26H29FN4O/c1-18-22(15-25(32)30-24-13-7-6-12-23(24)27)19(2)29-26(28-18)21-11-8-14-31(17-21)16-20-9-4-3-5-10-20/h3-7,9-10,12-13,21H,8,11,14-17H2,1-2H3,(H,30,32)/t21-/m0/s1. The number of aromatic nitrogens is 2. The van der Waals surface area contributed by atoms with Gasteiger partial charge in [0.25, 0.3) is 0 Å². The van der Waals surface area contributed by atoms with Crippen molar-refractivity contribution in [3.63, 3.8) is 0 Å². The van der Waals surface area contributed by atoms with Crippen LogP contribution in [-0.2, 0) is 17.8 Å². The number of hydrogen-bond acceptors (Lipinski definition) is 4. The Morgan fingerprint density at radius 3 is 2.47 bits per heavy atom. The predicted octanol–water partition coefficient (Wildman–Crippen LogP) is 4.79. The number of nitrogens with one attached hydrogen (secondary N) is 1. The monoisotopic (exact) mass is 432 g/mol. The molecular formula is C26H29FN4O. The Morgan fingerprint density at radius 2 is 1.75 bits per heavy atom. The summed E-state index contributed by atoms with van der Waals surface area (Å²) < 4.78 is 13.8. The first kappa shape index (κ1) is 22.1. The number of rotatable bonds is 6. The lowest BCUT2D eigenvalue weighted by Gasteiger charge is -2.32. The summed E-state index contributed by atoms with van der Waals surface area (Å²) in [5, 5.41) is 2.64. The number of benzene rings is 2. The predicted molar refractivity (Wildman–Crippen MR) is 124 cm³/mol. The Balaban J connectivity index is 1.44. The minimum absolute atomic E-state index is 0.122. The van der Waals surface area contributed by atoms with Gasteiger partial charge in [-0.15, -0.1) is 0 Å². The highest BCUT2D eigenvalue weighted by Crippen LogP contribution is 2.27. The third-order valence-corrected chi connectivity index (χ3v) is 6.04. The second kappa shape index (κ2) is 10.0. The molecule has 6 heteroatoms. The number of aryl methyl sites for hydroxylation is 2. The van der Waals surface area contributed by atoms with Gasteiger partial charge in [-0.2, -0.15) is 0 Å². The number of likely N-dealkylation sites (tertiary alicyclic amines) is 1. The van der Waals surface area contributed by atoms with Gasteiger partial charge in [-0.1, -0.05) is 42.5 Å². The zero-order valence-electron chi connectivity index (χ0n) is 18.6. The largest absolute Gasteiger partial charge is 0.323 e. The van der Waals surface area contributed by atoms with Gasteiger partial charge in [0.1, 0.15) is 11.6 Å². The smallest absolute Gasteiger partial charge is 0.229 e. The van der Waals surface area contributed by atoms with Crippen molar-refractivity contribution in [1.82, 2.24) is 14.9 Å². The fraction of sp³-hybridized carbons (Fsp3) is 0.346. The Morgan fingerprint density at radius 1 is 1.06 bits per heavy atom. The maximum atomic E-state index is 13.8. The maximum Gasteiger partial charge on any atom is 0.229 e. The number of carbonyl (C=O) groups excluding carboxylic acids is 1. The van der Waals surface area contributed by atoms with Gasteiger partial charge in [0, 0.05) is 36.0 Å². The highest BCUT2D eigenvalue weighted by Gasteiger charge is 2.25. The summed E-state index contributed by atoms with van der Waals surface area (Å²) in [5.41, 5.74) is 3.94. The Bertz CT molecular complexity index is 1060. The van der Waals surface area contributed by atoms with E-state index in [1.807, 2.05) is 19.9 Å². The molecule has 4 rings (SSSR count). The molecule has 166 valence electrons. The molecule has 3 aromatic rings. The average Bonchev–Trinajstić information content (AvgIpc) is 2.78. The number of anilines is 1. The lowest BCUT2D eigenvalue weighted by atomic mass is 9.96. The molecule has 0 bridgehead atoms. The van der Waals surface area contributed by atoms with E-state index in [1.165, 1.54) is 11.6 Å². The molecule has 1 N–H and O–H groups in total. The van der Waals surface area contributed by atoms with Crippen LogP contribution in [0.4, 0.5) is 10.1 Å². The number of hydrogen-bond donors (Lipinski definition) is 1. The molecule has 1 aromatic heterocycles. The van der Waals surface area contributed by atoms with Gasteiger partial charge < -0.3 is 5.32 Å². The molecular weight excluding hydrogens is 403 g/mol. The van der Waals surface area contributed by atoms with Crippen LogP contribution >= 0.6 is 0 Å². The molecule has 0 spiro atoms. The fourth-order valence-corrected chi connectivity index (χ4v) is 4.37. The van der Waals surface area contributed by atoms with Gasteiger partial charge in [-0.25, -0.2) is 14.4 Å². The van der Waals surface area contributed by atoms with Crippen molar-refractivity contribution in [2.24, 2.45) is 0 Å². The van der Waals surface area contributed by atoms with Crippen LogP contribution in [0.3, 0.4) is 0 Å². The van der Waals surface area contributed by atoms with Crippen LogP contribution in [0.25, 0.3) is 0 Å². The van der Waals surface area contributed by atoms with Gasteiger partial charge in [-0.3, -0.25) is 9.69 Å². The third-order valence-electron chi connectivity index (χ3n) is 6.04. The van der Waals surface area contributed by atoms with Crippen molar-refractivity contribution < 1.29 is 9.18 Å². The molecule has 0 aliphatic carbocycles. The van der Waals surface area contributed by atoms with E-state index in [9.17, 15) is 9.18 Å². The maximum absolute atomic E-state index is 13.8. The number of amides is 1. The molecule has 1 amide bonds. The second-order valence-electron chi connectivity index (χ2n) is 8.50. The summed E-state index contributed by atoms with van der Waals surface area (Å²) >= 11 is 0. The molecule has 0 unspecified atom stereocenters. The third kappa shape index (κ3) is 5.37. The van der Waals surface area contributed by atoms with Crippen LogP contribution < -0.4 is 5.32 Å². The molecule has 1 atom stereocenters. The highest BCUT2D eigenvalue weighted by molar-refractivity contribution is 5.92. The Hall–Kier alpha value is -3.12. The van der Waals surface area contributed by atoms with Crippen LogP contribution in [0.15, 0.2) is 54.6 Å². The molecule has 1 fully saturated rings. The zero-order chi connectivity index (χ0) is 22.5. The van der Waals surface area contributed by atoms with E-state index in [2.05, 4.69) is 34.5 Å². The quantitative estimate of drug-likeness (QED) is 0.608. The van der Waals surface area contributed by atoms with Crippen LogP contribution in [-0.4, -0.2) is 33.9 Å².